The second kappa shape index (κ2) is 5.61. The third-order valence-electron chi connectivity index (χ3n) is 5.00. The van der Waals surface area contributed by atoms with Crippen LogP contribution in [0.25, 0.3) is 0 Å². The van der Waals surface area contributed by atoms with Gasteiger partial charge in [0.15, 0.2) is 5.79 Å². The van der Waals surface area contributed by atoms with Crippen molar-refractivity contribution < 1.29 is 14.3 Å². The minimum Gasteiger partial charge on any atom is -0.349 e. The van der Waals surface area contributed by atoms with Gasteiger partial charge < -0.3 is 9.47 Å². The summed E-state index contributed by atoms with van der Waals surface area (Å²) in [6.07, 6.45) is 5.25. The standard InChI is InChI=1S/C17H28O3/c1-12-7-6-8-14(9-18)15(12)13(2)17(5)19-10-16(3,4)11-20-17/h8-9,12-13,15H,6-7,10-11H2,1-5H3. The fourth-order valence-corrected chi connectivity index (χ4v) is 3.41. The van der Waals surface area contributed by atoms with Crippen molar-refractivity contribution in [1.29, 1.82) is 0 Å². The molecule has 3 nitrogen and oxygen atoms in total. The zero-order valence-corrected chi connectivity index (χ0v) is 13.4. The number of carbonyl (C=O) groups excluding carboxylic acids is 1. The molecule has 0 amide bonds. The number of rotatable bonds is 3. The van der Waals surface area contributed by atoms with Crippen LogP contribution in [0.3, 0.4) is 0 Å². The van der Waals surface area contributed by atoms with Crippen LogP contribution >= 0.6 is 0 Å². The van der Waals surface area contributed by atoms with Gasteiger partial charge in [0.25, 0.3) is 0 Å². The van der Waals surface area contributed by atoms with E-state index in [0.717, 1.165) is 24.7 Å². The van der Waals surface area contributed by atoms with Crippen molar-refractivity contribution in [1.82, 2.24) is 0 Å². The first-order chi connectivity index (χ1) is 9.29. The maximum Gasteiger partial charge on any atom is 0.168 e. The molecule has 2 aliphatic rings. The van der Waals surface area contributed by atoms with Crippen LogP contribution in [0.4, 0.5) is 0 Å². The van der Waals surface area contributed by atoms with Crippen molar-refractivity contribution in [3.63, 3.8) is 0 Å². The molecule has 2 rings (SSSR count). The van der Waals surface area contributed by atoms with Gasteiger partial charge in [-0.15, -0.1) is 0 Å². The summed E-state index contributed by atoms with van der Waals surface area (Å²) in [4.78, 5) is 11.4. The molecule has 1 aliphatic carbocycles. The Balaban J connectivity index is 2.17. The topological polar surface area (TPSA) is 35.5 Å². The highest BCUT2D eigenvalue weighted by Crippen LogP contribution is 2.43. The van der Waals surface area contributed by atoms with E-state index in [-0.39, 0.29) is 17.3 Å². The van der Waals surface area contributed by atoms with Crippen molar-refractivity contribution >= 4 is 6.29 Å². The normalized spacial score (nSPS) is 34.1. The Bertz CT molecular complexity index is 387. The average molecular weight is 280 g/mol. The van der Waals surface area contributed by atoms with E-state index in [1.807, 2.05) is 6.92 Å². The minimum absolute atomic E-state index is 0.0702. The number of hydrogen-bond acceptors (Lipinski definition) is 3. The van der Waals surface area contributed by atoms with Crippen LogP contribution in [0.2, 0.25) is 0 Å². The van der Waals surface area contributed by atoms with Gasteiger partial charge in [-0.2, -0.15) is 0 Å². The van der Waals surface area contributed by atoms with E-state index in [1.54, 1.807) is 0 Å². The second-order valence-corrected chi connectivity index (χ2v) is 7.45. The third-order valence-corrected chi connectivity index (χ3v) is 5.00. The van der Waals surface area contributed by atoms with E-state index in [0.29, 0.717) is 19.1 Å². The van der Waals surface area contributed by atoms with Gasteiger partial charge in [0, 0.05) is 11.3 Å². The summed E-state index contributed by atoms with van der Waals surface area (Å²) in [5, 5.41) is 0. The number of hydrogen-bond donors (Lipinski definition) is 0. The van der Waals surface area contributed by atoms with Crippen LogP contribution in [0.1, 0.15) is 47.5 Å². The fraction of sp³-hybridized carbons (Fsp3) is 0.824. The minimum atomic E-state index is -0.589. The van der Waals surface area contributed by atoms with Crippen molar-refractivity contribution in [2.45, 2.75) is 53.2 Å². The molecule has 114 valence electrons. The molecule has 0 aromatic heterocycles. The zero-order valence-electron chi connectivity index (χ0n) is 13.4. The molecule has 0 aromatic carbocycles. The van der Waals surface area contributed by atoms with E-state index in [2.05, 4.69) is 33.8 Å². The molecule has 3 unspecified atom stereocenters. The van der Waals surface area contributed by atoms with Gasteiger partial charge in [0.2, 0.25) is 0 Å². The summed E-state index contributed by atoms with van der Waals surface area (Å²) in [6, 6.07) is 0. The predicted molar refractivity (Wildman–Crippen MR) is 79.3 cm³/mol. The fourth-order valence-electron chi connectivity index (χ4n) is 3.41. The van der Waals surface area contributed by atoms with Crippen molar-refractivity contribution in [2.24, 2.45) is 23.2 Å². The molecule has 20 heavy (non-hydrogen) atoms. The Morgan fingerprint density at radius 1 is 1.30 bits per heavy atom. The van der Waals surface area contributed by atoms with Crippen LogP contribution in [0.15, 0.2) is 11.6 Å². The SMILES string of the molecule is CC1CCC=C(C=O)C1C(C)C1(C)OCC(C)(C)CO1. The lowest BCUT2D eigenvalue weighted by atomic mass is 9.70. The first-order valence-corrected chi connectivity index (χ1v) is 7.72. The van der Waals surface area contributed by atoms with Gasteiger partial charge >= 0.3 is 0 Å². The molecule has 0 radical (unpaired) electrons. The lowest BCUT2D eigenvalue weighted by Gasteiger charge is -2.48. The van der Waals surface area contributed by atoms with Gasteiger partial charge in [-0.1, -0.05) is 33.8 Å². The molecule has 3 atom stereocenters. The summed E-state index contributed by atoms with van der Waals surface area (Å²) < 4.78 is 12.1. The Morgan fingerprint density at radius 2 is 1.90 bits per heavy atom. The molecule has 0 spiro atoms. The summed E-state index contributed by atoms with van der Waals surface area (Å²) >= 11 is 0. The Morgan fingerprint density at radius 3 is 2.45 bits per heavy atom. The van der Waals surface area contributed by atoms with E-state index < -0.39 is 5.79 Å². The Hall–Kier alpha value is -0.670. The molecule has 1 aliphatic heterocycles. The van der Waals surface area contributed by atoms with E-state index in [4.69, 9.17) is 9.47 Å². The van der Waals surface area contributed by atoms with Crippen LogP contribution in [-0.2, 0) is 14.3 Å². The summed E-state index contributed by atoms with van der Waals surface area (Å²) in [5.41, 5.74) is 0.996. The molecule has 1 saturated heterocycles. The molecule has 0 saturated carbocycles. The molecule has 3 heteroatoms. The van der Waals surface area contributed by atoms with Crippen LogP contribution in [-0.4, -0.2) is 25.3 Å². The molecular formula is C17H28O3. The quantitative estimate of drug-likeness (QED) is 0.741. The maximum absolute atomic E-state index is 11.4. The van der Waals surface area contributed by atoms with Gasteiger partial charge in [-0.25, -0.2) is 0 Å². The Kier molecular flexibility index (Phi) is 4.41. The van der Waals surface area contributed by atoms with E-state index in [1.165, 1.54) is 0 Å². The summed E-state index contributed by atoms with van der Waals surface area (Å²) in [6.45, 7) is 12.1. The van der Waals surface area contributed by atoms with Gasteiger partial charge in [-0.3, -0.25) is 4.79 Å². The number of allylic oxidation sites excluding steroid dienone is 2. The largest absolute Gasteiger partial charge is 0.349 e. The van der Waals surface area contributed by atoms with Gasteiger partial charge in [0.05, 0.1) is 13.2 Å². The smallest absolute Gasteiger partial charge is 0.168 e. The molecule has 1 heterocycles. The molecule has 0 N–H and O–H groups in total. The van der Waals surface area contributed by atoms with Crippen molar-refractivity contribution in [2.75, 3.05) is 13.2 Å². The lowest BCUT2D eigenvalue weighted by molar-refractivity contribution is -0.316. The predicted octanol–water partition coefficient (Wildman–Crippen LogP) is 3.58. The lowest BCUT2D eigenvalue weighted by Crippen LogP contribution is -2.52. The molecule has 0 bridgehead atoms. The van der Waals surface area contributed by atoms with Gasteiger partial charge in [-0.05, 0) is 37.2 Å². The van der Waals surface area contributed by atoms with E-state index in [9.17, 15) is 4.79 Å². The highest BCUT2D eigenvalue weighted by atomic mass is 16.7. The third kappa shape index (κ3) is 2.99. The molecule has 1 fully saturated rings. The maximum atomic E-state index is 11.4. The first-order valence-electron chi connectivity index (χ1n) is 7.72. The van der Waals surface area contributed by atoms with Crippen molar-refractivity contribution in [3.8, 4) is 0 Å². The average Bonchev–Trinajstić information content (AvgIpc) is 2.41. The van der Waals surface area contributed by atoms with Crippen LogP contribution < -0.4 is 0 Å². The second-order valence-electron chi connectivity index (χ2n) is 7.45. The van der Waals surface area contributed by atoms with Crippen LogP contribution in [0.5, 0.6) is 0 Å². The number of carbonyl (C=O) groups is 1. The molecular weight excluding hydrogens is 252 g/mol. The number of ether oxygens (including phenoxy) is 2. The van der Waals surface area contributed by atoms with Crippen molar-refractivity contribution in [3.05, 3.63) is 11.6 Å². The molecule has 0 aromatic rings. The summed E-state index contributed by atoms with van der Waals surface area (Å²) in [5.74, 6) is 0.306. The van der Waals surface area contributed by atoms with Gasteiger partial charge in [0.1, 0.15) is 6.29 Å². The van der Waals surface area contributed by atoms with Crippen LogP contribution in [0, 0.1) is 23.2 Å². The Labute approximate surface area is 122 Å². The number of aldehydes is 1. The highest BCUT2D eigenvalue weighted by molar-refractivity contribution is 5.74. The monoisotopic (exact) mass is 280 g/mol. The summed E-state index contributed by atoms with van der Waals surface area (Å²) in [7, 11) is 0. The van der Waals surface area contributed by atoms with E-state index >= 15 is 0 Å². The zero-order chi connectivity index (χ0) is 15.0. The highest BCUT2D eigenvalue weighted by Gasteiger charge is 2.46. The first kappa shape index (κ1) is 15.7.